The molecule has 3 heteroatoms. The van der Waals surface area contributed by atoms with Crippen LogP contribution in [-0.4, -0.2) is 24.7 Å². The van der Waals surface area contributed by atoms with Crippen LogP contribution in [0.1, 0.15) is 36.0 Å². The van der Waals surface area contributed by atoms with Gasteiger partial charge in [0.15, 0.2) is 0 Å². The van der Waals surface area contributed by atoms with Gasteiger partial charge in [-0.05, 0) is 84.7 Å². The number of aryl methyl sites for hydroxylation is 1. The van der Waals surface area contributed by atoms with Gasteiger partial charge in [0.1, 0.15) is 5.75 Å². The van der Waals surface area contributed by atoms with Gasteiger partial charge in [-0.3, -0.25) is 0 Å². The molecular formula is C28H32N2O. The normalized spacial score (nSPS) is 15.3. The third-order valence-corrected chi connectivity index (χ3v) is 6.31. The Morgan fingerprint density at radius 1 is 0.903 bits per heavy atom. The zero-order chi connectivity index (χ0) is 21.5. The summed E-state index contributed by atoms with van der Waals surface area (Å²) in [5.74, 6) is 0.984. The number of hydrogen-bond donors (Lipinski definition) is 2. The fraction of sp³-hybridized carbons (Fsp3) is 0.286. The summed E-state index contributed by atoms with van der Waals surface area (Å²) >= 11 is 0. The largest absolute Gasteiger partial charge is 0.508 e. The van der Waals surface area contributed by atoms with E-state index in [2.05, 4.69) is 65.6 Å². The summed E-state index contributed by atoms with van der Waals surface area (Å²) in [5, 5.41) is 9.57. The van der Waals surface area contributed by atoms with Gasteiger partial charge in [-0.25, -0.2) is 0 Å². The number of rotatable bonds is 7. The van der Waals surface area contributed by atoms with E-state index in [-0.39, 0.29) is 0 Å². The number of phenolic OH excluding ortho intramolecular Hbond substituents is 1. The van der Waals surface area contributed by atoms with Crippen molar-refractivity contribution in [3.63, 3.8) is 0 Å². The van der Waals surface area contributed by atoms with Crippen LogP contribution in [0.5, 0.6) is 5.75 Å². The van der Waals surface area contributed by atoms with Gasteiger partial charge in [-0.15, -0.1) is 0 Å². The Bertz CT molecular complexity index is 970. The summed E-state index contributed by atoms with van der Waals surface area (Å²) in [7, 11) is 0. The van der Waals surface area contributed by atoms with E-state index in [1.54, 1.807) is 12.1 Å². The van der Waals surface area contributed by atoms with Gasteiger partial charge in [-0.2, -0.15) is 0 Å². The van der Waals surface area contributed by atoms with E-state index in [0.717, 1.165) is 38.0 Å². The maximum atomic E-state index is 9.57. The van der Waals surface area contributed by atoms with Crippen LogP contribution in [-0.2, 0) is 6.42 Å². The molecule has 3 aromatic rings. The summed E-state index contributed by atoms with van der Waals surface area (Å²) in [4.78, 5) is 2.48. The highest BCUT2D eigenvalue weighted by Crippen LogP contribution is 2.26. The van der Waals surface area contributed by atoms with Crippen LogP contribution in [0, 0.1) is 5.92 Å². The third kappa shape index (κ3) is 5.77. The average Bonchev–Trinajstić information content (AvgIpc) is 2.84. The van der Waals surface area contributed by atoms with E-state index in [1.165, 1.54) is 35.2 Å². The highest BCUT2D eigenvalue weighted by Gasteiger charge is 2.18. The summed E-state index contributed by atoms with van der Waals surface area (Å²) in [5.41, 5.74) is 12.2. The first-order valence-electron chi connectivity index (χ1n) is 11.3. The number of anilines is 1. The molecule has 3 nitrogen and oxygen atoms in total. The van der Waals surface area contributed by atoms with E-state index in [4.69, 9.17) is 5.73 Å². The van der Waals surface area contributed by atoms with Crippen molar-refractivity contribution in [1.29, 1.82) is 0 Å². The first kappa shape index (κ1) is 21.2. The van der Waals surface area contributed by atoms with E-state index in [0.29, 0.717) is 11.7 Å². The summed E-state index contributed by atoms with van der Waals surface area (Å²) in [6, 6.07) is 27.0. The highest BCUT2D eigenvalue weighted by atomic mass is 16.3. The predicted molar refractivity (Wildman–Crippen MR) is 131 cm³/mol. The van der Waals surface area contributed by atoms with Gasteiger partial charge in [0.25, 0.3) is 0 Å². The SMILES string of the molecule is NCC1CCN(c2ccc(CCC(=Cc3ccc(O)cc3)c3ccccc3)cc2)CC1. The smallest absolute Gasteiger partial charge is 0.115 e. The Hall–Kier alpha value is -3.04. The van der Waals surface area contributed by atoms with Crippen molar-refractivity contribution < 1.29 is 5.11 Å². The topological polar surface area (TPSA) is 49.5 Å². The van der Waals surface area contributed by atoms with Crippen LogP contribution < -0.4 is 10.6 Å². The molecule has 160 valence electrons. The van der Waals surface area contributed by atoms with Crippen molar-refractivity contribution >= 4 is 17.3 Å². The second-order valence-corrected chi connectivity index (χ2v) is 8.46. The fourth-order valence-corrected chi connectivity index (χ4v) is 4.30. The van der Waals surface area contributed by atoms with Crippen LogP contribution in [0.2, 0.25) is 0 Å². The predicted octanol–water partition coefficient (Wildman–Crippen LogP) is 5.74. The first-order valence-corrected chi connectivity index (χ1v) is 11.3. The molecule has 3 aromatic carbocycles. The molecule has 0 atom stereocenters. The third-order valence-electron chi connectivity index (χ3n) is 6.31. The molecule has 0 bridgehead atoms. The molecule has 31 heavy (non-hydrogen) atoms. The molecule has 1 saturated heterocycles. The van der Waals surface area contributed by atoms with E-state index < -0.39 is 0 Å². The zero-order valence-corrected chi connectivity index (χ0v) is 18.1. The number of hydrogen-bond acceptors (Lipinski definition) is 3. The van der Waals surface area contributed by atoms with Crippen LogP contribution in [0.15, 0.2) is 78.9 Å². The zero-order valence-electron chi connectivity index (χ0n) is 18.1. The lowest BCUT2D eigenvalue weighted by Gasteiger charge is -2.33. The van der Waals surface area contributed by atoms with Crippen LogP contribution in [0.3, 0.4) is 0 Å². The van der Waals surface area contributed by atoms with Crippen LogP contribution >= 0.6 is 0 Å². The summed E-state index contributed by atoms with van der Waals surface area (Å²) in [6.45, 7) is 3.03. The second kappa shape index (κ2) is 10.3. The molecule has 1 aliphatic rings. The fourth-order valence-electron chi connectivity index (χ4n) is 4.30. The minimum atomic E-state index is 0.297. The van der Waals surface area contributed by atoms with Crippen molar-refractivity contribution in [3.05, 3.63) is 95.6 Å². The van der Waals surface area contributed by atoms with Crippen molar-refractivity contribution in [2.45, 2.75) is 25.7 Å². The quantitative estimate of drug-likeness (QED) is 0.487. The van der Waals surface area contributed by atoms with Gasteiger partial charge >= 0.3 is 0 Å². The summed E-state index contributed by atoms with van der Waals surface area (Å²) < 4.78 is 0. The maximum Gasteiger partial charge on any atom is 0.115 e. The van der Waals surface area contributed by atoms with Gasteiger partial charge < -0.3 is 15.7 Å². The Morgan fingerprint density at radius 2 is 1.58 bits per heavy atom. The lowest BCUT2D eigenvalue weighted by Crippen LogP contribution is -2.36. The van der Waals surface area contributed by atoms with Gasteiger partial charge in [0.05, 0.1) is 0 Å². The monoisotopic (exact) mass is 412 g/mol. The molecular weight excluding hydrogens is 380 g/mol. The van der Waals surface area contributed by atoms with Gasteiger partial charge in [0, 0.05) is 18.8 Å². The second-order valence-electron chi connectivity index (χ2n) is 8.46. The molecule has 0 spiro atoms. The molecule has 1 heterocycles. The lowest BCUT2D eigenvalue weighted by molar-refractivity contribution is 0.414. The molecule has 4 rings (SSSR count). The standard InChI is InChI=1S/C28H32N2O/c29-21-24-16-18-30(19-17-24)27-12-7-22(8-13-27)6-11-26(25-4-2-1-3-5-25)20-23-9-14-28(31)15-10-23/h1-5,7-10,12-15,20,24,31H,6,11,16-19,21,29H2. The summed E-state index contributed by atoms with van der Waals surface area (Å²) in [6.07, 6.45) is 6.58. The number of nitrogens with two attached hydrogens (primary N) is 1. The molecule has 0 aromatic heterocycles. The Labute approximate surface area is 185 Å². The van der Waals surface area contributed by atoms with Crippen LogP contribution in [0.4, 0.5) is 5.69 Å². The van der Waals surface area contributed by atoms with Crippen LogP contribution in [0.25, 0.3) is 11.6 Å². The van der Waals surface area contributed by atoms with Gasteiger partial charge in [-0.1, -0.05) is 60.7 Å². The van der Waals surface area contributed by atoms with E-state index >= 15 is 0 Å². The molecule has 0 unspecified atom stereocenters. The average molecular weight is 413 g/mol. The number of phenols is 1. The first-order chi connectivity index (χ1) is 15.2. The Kier molecular flexibility index (Phi) is 7.06. The van der Waals surface area contributed by atoms with Crippen molar-refractivity contribution in [1.82, 2.24) is 0 Å². The number of piperidine rings is 1. The molecule has 0 radical (unpaired) electrons. The molecule has 0 amide bonds. The maximum absolute atomic E-state index is 9.57. The number of benzene rings is 3. The Morgan fingerprint density at radius 3 is 2.23 bits per heavy atom. The molecule has 0 aliphatic carbocycles. The Balaban J connectivity index is 1.44. The number of allylic oxidation sites excluding steroid dienone is 1. The lowest BCUT2D eigenvalue weighted by atomic mass is 9.95. The number of aromatic hydroxyl groups is 1. The van der Waals surface area contributed by atoms with Crippen molar-refractivity contribution in [3.8, 4) is 5.75 Å². The van der Waals surface area contributed by atoms with Gasteiger partial charge in [0.2, 0.25) is 0 Å². The minimum absolute atomic E-state index is 0.297. The van der Waals surface area contributed by atoms with Crippen molar-refractivity contribution in [2.75, 3.05) is 24.5 Å². The highest BCUT2D eigenvalue weighted by molar-refractivity contribution is 5.81. The molecule has 1 fully saturated rings. The van der Waals surface area contributed by atoms with E-state index in [9.17, 15) is 5.11 Å². The number of nitrogens with zero attached hydrogens (tertiary/aromatic N) is 1. The van der Waals surface area contributed by atoms with E-state index in [1.807, 2.05) is 12.1 Å². The van der Waals surface area contributed by atoms with Crippen molar-refractivity contribution in [2.24, 2.45) is 11.7 Å². The minimum Gasteiger partial charge on any atom is -0.508 e. The molecule has 3 N–H and O–H groups in total. The molecule has 1 aliphatic heterocycles. The molecule has 0 saturated carbocycles.